The first-order valence-corrected chi connectivity index (χ1v) is 9.85. The molecule has 3 nitrogen and oxygen atoms in total. The molecule has 0 bridgehead atoms. The Kier molecular flexibility index (Phi) is 6.26. The van der Waals surface area contributed by atoms with E-state index in [-0.39, 0.29) is 0 Å². The fourth-order valence-electron chi connectivity index (χ4n) is 1.43. The van der Waals surface area contributed by atoms with E-state index in [2.05, 4.69) is 0 Å². The third-order valence-electron chi connectivity index (χ3n) is 2.43. The van der Waals surface area contributed by atoms with Gasteiger partial charge >= 0.3 is 6.72 Å². The fourth-order valence-corrected chi connectivity index (χ4v) is 3.90. The van der Waals surface area contributed by atoms with Crippen molar-refractivity contribution in [3.05, 3.63) is 56.5 Å². The van der Waals surface area contributed by atoms with Gasteiger partial charge in [0.2, 0.25) is 0 Å². The minimum atomic E-state index is -3.15. The average molecular weight is 418 g/mol. The highest BCUT2D eigenvalue weighted by Gasteiger charge is 2.25. The van der Waals surface area contributed by atoms with Crippen molar-refractivity contribution in [1.82, 2.24) is 0 Å². The van der Waals surface area contributed by atoms with E-state index in [1.807, 2.05) is 0 Å². The van der Waals surface area contributed by atoms with Crippen molar-refractivity contribution in [3.8, 4) is 11.5 Å². The van der Waals surface area contributed by atoms with Gasteiger partial charge in [-0.05, 0) is 36.4 Å². The Morgan fingerprint density at radius 3 is 1.55 bits per heavy atom. The van der Waals surface area contributed by atoms with Crippen LogP contribution in [0.2, 0.25) is 20.1 Å². The van der Waals surface area contributed by atoms with Gasteiger partial charge in [0.1, 0.15) is 11.5 Å². The van der Waals surface area contributed by atoms with Crippen LogP contribution < -0.4 is 9.05 Å². The maximum atomic E-state index is 6.05. The Balaban J connectivity index is 2.26. The van der Waals surface area contributed by atoms with Crippen molar-refractivity contribution in [3.63, 3.8) is 0 Å². The largest absolute Gasteiger partial charge is 0.434 e. The van der Waals surface area contributed by atoms with Gasteiger partial charge in [-0.2, -0.15) is 0 Å². The third-order valence-corrected chi connectivity index (χ3v) is 5.67. The second kappa shape index (κ2) is 7.59. The standard InChI is InChI=1S/C13H9Cl4O3PS/c1-18-21(22,19-12-4-2-8(14)6-10(12)16)20-13-5-3-9(15)7-11(13)17/h2-7H,1H3. The summed E-state index contributed by atoms with van der Waals surface area (Å²) in [7, 11) is 1.38. The monoisotopic (exact) mass is 416 g/mol. The summed E-state index contributed by atoms with van der Waals surface area (Å²) in [5.41, 5.74) is 0. The van der Waals surface area contributed by atoms with E-state index < -0.39 is 6.72 Å². The summed E-state index contributed by atoms with van der Waals surface area (Å²) in [6, 6.07) is 9.46. The van der Waals surface area contributed by atoms with E-state index in [4.69, 9.17) is 71.8 Å². The molecule has 0 spiro atoms. The SMILES string of the molecule is COP(=S)(Oc1ccc(Cl)cc1Cl)Oc1ccc(Cl)cc1Cl. The molecule has 0 atom stereocenters. The summed E-state index contributed by atoms with van der Waals surface area (Å²) < 4.78 is 16.5. The molecule has 0 amide bonds. The normalized spacial score (nSPS) is 11.3. The van der Waals surface area contributed by atoms with Crippen LogP contribution in [0.25, 0.3) is 0 Å². The lowest BCUT2D eigenvalue weighted by molar-refractivity contribution is 0.319. The van der Waals surface area contributed by atoms with Crippen LogP contribution in [0.15, 0.2) is 36.4 Å². The quantitative estimate of drug-likeness (QED) is 0.510. The number of hydrogen-bond donors (Lipinski definition) is 0. The number of rotatable bonds is 5. The van der Waals surface area contributed by atoms with E-state index >= 15 is 0 Å². The van der Waals surface area contributed by atoms with Gasteiger partial charge in [-0.25, -0.2) is 0 Å². The molecule has 2 aromatic carbocycles. The van der Waals surface area contributed by atoms with E-state index in [0.717, 1.165) is 0 Å². The van der Waals surface area contributed by atoms with Gasteiger partial charge < -0.3 is 9.05 Å². The number of halogens is 4. The topological polar surface area (TPSA) is 27.7 Å². The van der Waals surface area contributed by atoms with Crippen LogP contribution >= 0.6 is 53.1 Å². The van der Waals surface area contributed by atoms with Crippen molar-refractivity contribution in [2.45, 2.75) is 0 Å². The highest BCUT2D eigenvalue weighted by atomic mass is 35.5. The molecule has 0 aliphatic rings. The second-order valence-corrected chi connectivity index (χ2v) is 8.62. The Bertz CT molecular complexity index is 684. The predicted octanol–water partition coefficient (Wildman–Crippen LogP) is 6.63. The molecule has 2 aromatic rings. The molecule has 0 saturated carbocycles. The molecule has 0 aliphatic heterocycles. The van der Waals surface area contributed by atoms with Gasteiger partial charge in [-0.3, -0.25) is 4.52 Å². The van der Waals surface area contributed by atoms with E-state index in [1.54, 1.807) is 24.3 Å². The smallest absolute Gasteiger partial charge is 0.414 e. The van der Waals surface area contributed by atoms with Crippen LogP contribution in [0, 0.1) is 0 Å². The zero-order chi connectivity index (χ0) is 16.3. The van der Waals surface area contributed by atoms with Crippen molar-refractivity contribution >= 4 is 64.9 Å². The van der Waals surface area contributed by atoms with Gasteiger partial charge in [0.25, 0.3) is 0 Å². The highest BCUT2D eigenvalue weighted by Crippen LogP contribution is 2.52. The average Bonchev–Trinajstić information content (AvgIpc) is 2.45. The Morgan fingerprint density at radius 2 is 1.23 bits per heavy atom. The Labute approximate surface area is 153 Å². The minimum Gasteiger partial charge on any atom is -0.414 e. The van der Waals surface area contributed by atoms with E-state index in [0.29, 0.717) is 31.6 Å². The first-order valence-electron chi connectivity index (χ1n) is 5.78. The number of benzene rings is 2. The summed E-state index contributed by atoms with van der Waals surface area (Å²) >= 11 is 29.1. The van der Waals surface area contributed by atoms with Crippen LogP contribution in [0.1, 0.15) is 0 Å². The lowest BCUT2D eigenvalue weighted by Gasteiger charge is -2.22. The lowest BCUT2D eigenvalue weighted by Crippen LogP contribution is -2.03. The maximum Gasteiger partial charge on any atom is 0.434 e. The van der Waals surface area contributed by atoms with Crippen molar-refractivity contribution in [2.75, 3.05) is 7.11 Å². The fraction of sp³-hybridized carbons (Fsp3) is 0.0769. The number of hydrogen-bond acceptors (Lipinski definition) is 4. The molecular formula is C13H9Cl4O3PS. The molecule has 118 valence electrons. The zero-order valence-electron chi connectivity index (χ0n) is 11.1. The second-order valence-electron chi connectivity index (χ2n) is 3.96. The zero-order valence-corrected chi connectivity index (χ0v) is 15.8. The molecule has 0 aromatic heterocycles. The first kappa shape index (κ1) is 18.2. The third kappa shape index (κ3) is 4.65. The van der Waals surface area contributed by atoms with Gasteiger partial charge in [0.05, 0.1) is 10.0 Å². The first-order chi connectivity index (χ1) is 10.3. The van der Waals surface area contributed by atoms with Crippen LogP contribution in [0.4, 0.5) is 0 Å². The lowest BCUT2D eigenvalue weighted by atomic mass is 10.3. The molecule has 0 saturated heterocycles. The molecule has 0 unspecified atom stereocenters. The summed E-state index contributed by atoms with van der Waals surface area (Å²) in [4.78, 5) is 0. The molecule has 0 heterocycles. The van der Waals surface area contributed by atoms with Gasteiger partial charge in [0, 0.05) is 29.0 Å². The van der Waals surface area contributed by atoms with Crippen LogP contribution in [0.5, 0.6) is 11.5 Å². The van der Waals surface area contributed by atoms with Crippen LogP contribution in [0.3, 0.4) is 0 Å². The van der Waals surface area contributed by atoms with Crippen molar-refractivity contribution in [1.29, 1.82) is 0 Å². The van der Waals surface area contributed by atoms with Crippen molar-refractivity contribution in [2.24, 2.45) is 0 Å². The molecular weight excluding hydrogens is 409 g/mol. The molecule has 0 fully saturated rings. The summed E-state index contributed by atoms with van der Waals surface area (Å²) in [6.45, 7) is -3.15. The van der Waals surface area contributed by atoms with E-state index in [9.17, 15) is 0 Å². The summed E-state index contributed by atoms with van der Waals surface area (Å²) in [5, 5.41) is 1.55. The molecule has 0 N–H and O–H groups in total. The maximum absolute atomic E-state index is 6.05. The molecule has 22 heavy (non-hydrogen) atoms. The summed E-state index contributed by atoms with van der Waals surface area (Å²) in [6.07, 6.45) is 0. The highest BCUT2D eigenvalue weighted by molar-refractivity contribution is 8.07. The van der Waals surface area contributed by atoms with Gasteiger partial charge in [0.15, 0.2) is 0 Å². The van der Waals surface area contributed by atoms with Crippen molar-refractivity contribution < 1.29 is 13.6 Å². The van der Waals surface area contributed by atoms with Crippen LogP contribution in [-0.2, 0) is 16.3 Å². The van der Waals surface area contributed by atoms with Crippen LogP contribution in [-0.4, -0.2) is 7.11 Å². The molecule has 0 radical (unpaired) electrons. The Morgan fingerprint density at radius 1 is 0.818 bits per heavy atom. The Hall–Kier alpha value is -0.190. The van der Waals surface area contributed by atoms with Gasteiger partial charge in [-0.1, -0.05) is 46.4 Å². The predicted molar refractivity (Wildman–Crippen MR) is 95.5 cm³/mol. The molecule has 9 heteroatoms. The van der Waals surface area contributed by atoms with E-state index in [1.165, 1.54) is 19.2 Å². The van der Waals surface area contributed by atoms with Gasteiger partial charge in [-0.15, -0.1) is 0 Å². The molecule has 0 aliphatic carbocycles. The summed E-state index contributed by atoms with van der Waals surface area (Å²) in [5.74, 6) is 0.614. The molecule has 2 rings (SSSR count). The minimum absolute atomic E-state index is 0.296.